The average molecular weight is 273 g/mol. The monoisotopic (exact) mass is 274 g/mol. The summed E-state index contributed by atoms with van der Waals surface area (Å²) < 4.78 is 5.23. The molecule has 0 fully saturated rings. The van der Waals surface area contributed by atoms with Crippen LogP contribution in [0.25, 0.3) is 0 Å². The predicted molar refractivity (Wildman–Crippen MR) is 72.2 cm³/mol. The molecule has 0 heterocycles. The Morgan fingerprint density at radius 3 is 2.00 bits per heavy atom. The molecule has 2 heteroatoms. The van der Waals surface area contributed by atoms with Gasteiger partial charge in [0.2, 0.25) is 0 Å². The van der Waals surface area contributed by atoms with E-state index in [1.165, 1.54) is 21.0 Å². The number of hydrogen-bond acceptors (Lipinski definition) is 1. The van der Waals surface area contributed by atoms with Crippen LogP contribution in [-0.2, 0) is 4.74 Å². The second-order valence-electron chi connectivity index (χ2n) is 4.52. The number of methoxy groups -OCH3 is 1. The van der Waals surface area contributed by atoms with Crippen molar-refractivity contribution in [2.45, 2.75) is 61.2 Å². The quantitative estimate of drug-likeness (QED) is 0.468. The Kier molecular flexibility index (Phi) is 8.54. The topological polar surface area (TPSA) is 9.23 Å². The van der Waals surface area contributed by atoms with E-state index in [1.54, 1.807) is 7.11 Å². The van der Waals surface area contributed by atoms with Crippen LogP contribution >= 0.6 is 0 Å². The molecule has 0 saturated heterocycles. The van der Waals surface area contributed by atoms with Crippen molar-refractivity contribution in [3.8, 4) is 0 Å². The normalized spacial score (nSPS) is 14.7. The number of rotatable bonds is 8. The third-order valence-electron chi connectivity index (χ3n) is 3.84. The van der Waals surface area contributed by atoms with Crippen LogP contribution in [0.4, 0.5) is 0 Å². The van der Waals surface area contributed by atoms with E-state index in [0.717, 1.165) is 6.42 Å². The average Bonchev–Trinajstić information content (AvgIpc) is 2.30. The van der Waals surface area contributed by atoms with Crippen molar-refractivity contribution < 1.29 is 4.74 Å². The van der Waals surface area contributed by atoms with Crippen LogP contribution in [0.15, 0.2) is 12.2 Å². The summed E-state index contributed by atoms with van der Waals surface area (Å²) in [5.74, 6) is 0. The van der Waals surface area contributed by atoms with Crippen LogP contribution in [0.1, 0.15) is 34.1 Å². The summed E-state index contributed by atoms with van der Waals surface area (Å²) in [6, 6.07) is 0. The summed E-state index contributed by atoms with van der Waals surface area (Å²) in [5.41, 5.74) is 0. The molecule has 0 aliphatic carbocycles. The first-order valence-electron chi connectivity index (χ1n) is 6.31. The molecule has 0 radical (unpaired) electrons. The molecule has 1 nitrogen and oxygen atoms in total. The molecule has 0 rings (SSSR count). The molecule has 0 aromatic rings. The van der Waals surface area contributed by atoms with Gasteiger partial charge in [0, 0.05) is 0 Å². The van der Waals surface area contributed by atoms with Gasteiger partial charge in [0.05, 0.1) is 0 Å². The summed E-state index contributed by atoms with van der Waals surface area (Å²) in [5, 5.41) is 5.81. The zero-order valence-corrected chi connectivity index (χ0v) is 13.3. The fraction of sp³-hybridized carbons (Fsp3) is 0.846. The van der Waals surface area contributed by atoms with Crippen LogP contribution in [0.3, 0.4) is 0 Å². The summed E-state index contributed by atoms with van der Waals surface area (Å²) in [6.07, 6.45) is 6.17. The molecule has 0 aromatic heterocycles. The fourth-order valence-electron chi connectivity index (χ4n) is 1.90. The molecule has 90 valence electrons. The molecule has 0 bridgehead atoms. The van der Waals surface area contributed by atoms with Crippen molar-refractivity contribution in [2.75, 3.05) is 7.11 Å². The van der Waals surface area contributed by atoms with Gasteiger partial charge in [-0.3, -0.25) is 0 Å². The Hall–Kier alpha value is 0.243. The molecular weight excluding hydrogens is 245 g/mol. The van der Waals surface area contributed by atoms with Crippen molar-refractivity contribution in [1.82, 2.24) is 0 Å². The molecule has 0 aromatic carbocycles. The van der Waals surface area contributed by atoms with Crippen molar-refractivity contribution in [3.63, 3.8) is 0 Å². The standard InChI is InChI=1S/C13H28GeO/c1-6-14(7-2,8-3)12-10-9-11-13(4)15-5/h9-10,13H,6-8,11-12H2,1-5H3/b10-9-/t13-/m1/s1. The summed E-state index contributed by atoms with van der Waals surface area (Å²) in [6.45, 7) is 9.29. The van der Waals surface area contributed by atoms with Gasteiger partial charge in [0.25, 0.3) is 0 Å². The first-order chi connectivity index (χ1) is 7.14. The first-order valence-corrected chi connectivity index (χ1v) is 12.2. The minimum atomic E-state index is -1.44. The van der Waals surface area contributed by atoms with Crippen LogP contribution in [0.5, 0.6) is 0 Å². The van der Waals surface area contributed by atoms with E-state index in [4.69, 9.17) is 4.74 Å². The van der Waals surface area contributed by atoms with Crippen molar-refractivity contribution >= 4 is 13.3 Å². The molecular formula is C13H28GeO. The van der Waals surface area contributed by atoms with Crippen molar-refractivity contribution in [2.24, 2.45) is 0 Å². The second-order valence-corrected chi connectivity index (χ2v) is 16.1. The maximum atomic E-state index is 5.23. The van der Waals surface area contributed by atoms with Gasteiger partial charge in [-0.1, -0.05) is 0 Å². The van der Waals surface area contributed by atoms with Crippen LogP contribution < -0.4 is 0 Å². The van der Waals surface area contributed by atoms with Gasteiger partial charge < -0.3 is 0 Å². The second kappa shape index (κ2) is 8.40. The van der Waals surface area contributed by atoms with Gasteiger partial charge in [0.15, 0.2) is 0 Å². The van der Waals surface area contributed by atoms with Gasteiger partial charge >= 0.3 is 98.5 Å². The summed E-state index contributed by atoms with van der Waals surface area (Å²) >= 11 is -1.44. The Balaban J connectivity index is 3.99. The van der Waals surface area contributed by atoms with E-state index in [2.05, 4.69) is 39.8 Å². The maximum absolute atomic E-state index is 5.23. The predicted octanol–water partition coefficient (Wildman–Crippen LogP) is 4.48. The Morgan fingerprint density at radius 2 is 1.60 bits per heavy atom. The number of hydrogen-bond donors (Lipinski definition) is 0. The molecule has 0 aliphatic rings. The first kappa shape index (κ1) is 15.2. The molecule has 0 spiro atoms. The van der Waals surface area contributed by atoms with Crippen LogP contribution in [-0.4, -0.2) is 26.5 Å². The van der Waals surface area contributed by atoms with E-state index in [9.17, 15) is 0 Å². The minimum absolute atomic E-state index is 0.369. The van der Waals surface area contributed by atoms with Gasteiger partial charge in [-0.25, -0.2) is 0 Å². The third kappa shape index (κ3) is 5.77. The Labute approximate surface area is 98.6 Å². The Bertz CT molecular complexity index is 165. The fourth-order valence-corrected chi connectivity index (χ4v) is 8.26. The van der Waals surface area contributed by atoms with E-state index < -0.39 is 13.3 Å². The third-order valence-corrected chi connectivity index (χ3v) is 15.6. The van der Waals surface area contributed by atoms with Crippen LogP contribution in [0, 0.1) is 0 Å². The Morgan fingerprint density at radius 1 is 1.07 bits per heavy atom. The van der Waals surface area contributed by atoms with Gasteiger partial charge in [-0.2, -0.15) is 0 Å². The summed E-state index contributed by atoms with van der Waals surface area (Å²) in [4.78, 5) is 0. The molecule has 0 N–H and O–H groups in total. The molecule has 15 heavy (non-hydrogen) atoms. The number of ether oxygens (including phenoxy) is 1. The zero-order valence-electron chi connectivity index (χ0n) is 11.2. The van der Waals surface area contributed by atoms with E-state index in [1.807, 2.05) is 0 Å². The van der Waals surface area contributed by atoms with Crippen molar-refractivity contribution in [3.05, 3.63) is 12.2 Å². The van der Waals surface area contributed by atoms with E-state index in [0.29, 0.717) is 6.10 Å². The molecule has 0 saturated carbocycles. The van der Waals surface area contributed by atoms with Gasteiger partial charge in [-0.05, 0) is 0 Å². The molecule has 1 atom stereocenters. The number of allylic oxidation sites excluding steroid dienone is 1. The van der Waals surface area contributed by atoms with E-state index >= 15 is 0 Å². The van der Waals surface area contributed by atoms with Gasteiger partial charge in [-0.15, -0.1) is 0 Å². The zero-order chi connectivity index (χ0) is 11.7. The SMILES string of the molecule is C[CH2][Ge]([CH2]C)([CH2]C)[CH2]/C=C\C[C@@H](C)OC. The molecule has 0 amide bonds. The van der Waals surface area contributed by atoms with Gasteiger partial charge in [0.1, 0.15) is 0 Å². The van der Waals surface area contributed by atoms with Crippen molar-refractivity contribution in [1.29, 1.82) is 0 Å². The molecule has 0 unspecified atom stereocenters. The van der Waals surface area contributed by atoms with E-state index in [-0.39, 0.29) is 0 Å². The van der Waals surface area contributed by atoms with Crippen LogP contribution in [0.2, 0.25) is 21.0 Å². The molecule has 0 aliphatic heterocycles. The summed E-state index contributed by atoms with van der Waals surface area (Å²) in [7, 11) is 1.78.